The van der Waals surface area contributed by atoms with Gasteiger partial charge in [0.05, 0.1) is 24.9 Å². The van der Waals surface area contributed by atoms with E-state index in [1.54, 1.807) is 29.5 Å². The van der Waals surface area contributed by atoms with Crippen LogP contribution in [0.4, 0.5) is 4.39 Å². The van der Waals surface area contributed by atoms with Crippen LogP contribution in [0.2, 0.25) is 19.6 Å². The first-order valence-electron chi connectivity index (χ1n) is 22.7. The Hall–Kier alpha value is -6.60. The van der Waals surface area contributed by atoms with Crippen molar-refractivity contribution in [3.05, 3.63) is 218 Å². The quantitative estimate of drug-likeness (QED) is 0.118. The number of hydrogen-bond acceptors (Lipinski definition) is 3. The van der Waals surface area contributed by atoms with Crippen molar-refractivity contribution in [3.8, 4) is 61.7 Å². The number of imidazole rings is 1. The molecule has 0 bridgehead atoms. The summed E-state index contributed by atoms with van der Waals surface area (Å²) >= 11 is 1.66. The summed E-state index contributed by atoms with van der Waals surface area (Å²) in [5.74, 6) is 0.253. The summed E-state index contributed by atoms with van der Waals surface area (Å²) in [5.41, 5.74) is 10.9. The fourth-order valence-corrected chi connectivity index (χ4v) is 10.4. The van der Waals surface area contributed by atoms with Crippen LogP contribution >= 0.6 is 11.3 Å². The van der Waals surface area contributed by atoms with Gasteiger partial charge < -0.3 is 9.55 Å². The van der Waals surface area contributed by atoms with E-state index in [4.69, 9.17) is 9.10 Å². The van der Waals surface area contributed by atoms with Crippen molar-refractivity contribution < 1.29 is 28.6 Å². The molecule has 0 spiro atoms. The van der Waals surface area contributed by atoms with E-state index in [9.17, 15) is 0 Å². The van der Waals surface area contributed by atoms with E-state index in [0.717, 1.165) is 76.1 Å². The van der Waals surface area contributed by atoms with Crippen LogP contribution in [0.5, 0.6) is 0 Å². The predicted octanol–water partition coefficient (Wildman–Crippen LogP) is 15.4. The summed E-state index contributed by atoms with van der Waals surface area (Å²) < 4.78 is 43.4. The average molecular weight is 1060 g/mol. The smallest absolute Gasteiger partial charge is 0.148 e. The third-order valence-electron chi connectivity index (χ3n) is 11.5. The van der Waals surface area contributed by atoms with Crippen molar-refractivity contribution in [3.63, 3.8) is 0 Å². The van der Waals surface area contributed by atoms with Gasteiger partial charge in [-0.15, -0.1) is 54.1 Å². The Balaban J connectivity index is 0.000000289. The third-order valence-corrected chi connectivity index (χ3v) is 14.8. The maximum absolute atomic E-state index is 16.1. The number of fused-ring (bicyclic) bond motifs is 4. The van der Waals surface area contributed by atoms with Crippen LogP contribution in [-0.2, 0) is 20.1 Å². The number of aromatic nitrogens is 3. The molecule has 0 saturated carbocycles. The van der Waals surface area contributed by atoms with Crippen molar-refractivity contribution in [2.45, 2.75) is 26.5 Å². The van der Waals surface area contributed by atoms with E-state index in [2.05, 4.69) is 116 Å². The first-order chi connectivity index (χ1) is 32.4. The fourth-order valence-electron chi connectivity index (χ4n) is 8.18. The largest absolute Gasteiger partial charge is 0.330 e. The first-order valence-corrected chi connectivity index (χ1v) is 25.6. The van der Waals surface area contributed by atoms with Crippen molar-refractivity contribution in [2.75, 3.05) is 0 Å². The molecule has 0 amide bonds. The molecule has 0 atom stereocenters. The number of halogens is 1. The summed E-state index contributed by atoms with van der Waals surface area (Å²) in [4.78, 5) is 9.64. The molecule has 0 fully saturated rings. The molecule has 3 nitrogen and oxygen atoms in total. The van der Waals surface area contributed by atoms with Gasteiger partial charge in [0.2, 0.25) is 0 Å². The second-order valence-corrected chi connectivity index (χ2v) is 22.9. The van der Waals surface area contributed by atoms with Crippen molar-refractivity contribution in [1.29, 1.82) is 0 Å². The van der Waals surface area contributed by atoms with Crippen LogP contribution in [0.1, 0.15) is 9.68 Å². The molecule has 65 heavy (non-hydrogen) atoms. The Labute approximate surface area is 402 Å². The van der Waals surface area contributed by atoms with Gasteiger partial charge in [-0.25, -0.2) is 4.39 Å². The van der Waals surface area contributed by atoms with Crippen molar-refractivity contribution in [2.24, 2.45) is 0 Å². The summed E-state index contributed by atoms with van der Waals surface area (Å²) in [6, 6.07) is 68.1. The summed E-state index contributed by atoms with van der Waals surface area (Å²) in [7, 11) is -1.23. The van der Waals surface area contributed by atoms with E-state index in [-0.39, 0.29) is 25.9 Å². The zero-order valence-corrected chi connectivity index (χ0v) is 40.1. The second kappa shape index (κ2) is 18.5. The van der Waals surface area contributed by atoms with Crippen LogP contribution in [-0.4, -0.2) is 22.6 Å². The molecule has 0 saturated heterocycles. The average Bonchev–Trinajstić information content (AvgIpc) is 3.94. The molecule has 0 aliphatic rings. The van der Waals surface area contributed by atoms with E-state index in [1.165, 1.54) is 11.3 Å². The standard InChI is InChI=1S/C44H28FN2S.C14H16NSi.Ir/c1-28-18-20-30(21-19-28)32-23-25-41-37(26-32)35-14-8-15-36(43(35)48-41)44-46-39-17-9-16-38(45)42(39)47(44)40-27-33(29-10-4-2-5-11-29)22-24-34(40)31-12-6-3-7-13-31;1-16(2,3)13-9-10-14(15-11-13)12-7-5-4-6-8-12;/h2-14,16-27H,1H3;4-7,9-11H,1-3H3;/q2*-1;/i1D3;;. The van der Waals surface area contributed by atoms with Crippen LogP contribution in [0, 0.1) is 24.8 Å². The number of hydrogen-bond donors (Lipinski definition) is 0. The number of rotatable bonds is 7. The number of thiophene rings is 1. The molecule has 3 aromatic heterocycles. The van der Waals surface area contributed by atoms with Gasteiger partial charge in [-0.1, -0.05) is 157 Å². The molecular weight excluding hydrogens is 1010 g/mol. The molecule has 1 radical (unpaired) electrons. The first kappa shape index (κ1) is 39.9. The molecule has 8 aromatic carbocycles. The number of para-hydroxylation sites is 1. The van der Waals surface area contributed by atoms with Gasteiger partial charge in [0, 0.05) is 46.4 Å². The molecule has 0 aliphatic heterocycles. The Kier molecular flexibility index (Phi) is 11.4. The molecule has 11 rings (SSSR count). The van der Waals surface area contributed by atoms with Crippen LogP contribution in [0.3, 0.4) is 0 Å². The molecule has 11 aromatic rings. The van der Waals surface area contributed by atoms with Gasteiger partial charge in [-0.3, -0.25) is 4.98 Å². The van der Waals surface area contributed by atoms with Crippen LogP contribution in [0.15, 0.2) is 194 Å². The summed E-state index contributed by atoms with van der Waals surface area (Å²) in [6.45, 7) is 4.85. The van der Waals surface area contributed by atoms with Gasteiger partial charge in [0.1, 0.15) is 5.82 Å². The number of pyridine rings is 1. The SMILES string of the molecule is C[Si](C)(C)c1ccc(-c2[c-]cccc2)nc1.[2H]C([2H])([2H])c1ccc(-c2ccc3sc4c(-c5nc6cccc(F)c6n5-c5cc(-c6ccccc6)ccc5-c5ccccc5)[c-]ccc4c3c2)cc1.[Ir]. The Morgan fingerprint density at radius 1 is 0.631 bits per heavy atom. The maximum atomic E-state index is 16.1. The van der Waals surface area contributed by atoms with Crippen LogP contribution in [0.25, 0.3) is 92.9 Å². The van der Waals surface area contributed by atoms with E-state index in [0.29, 0.717) is 22.4 Å². The molecule has 0 unspecified atom stereocenters. The Morgan fingerprint density at radius 3 is 2.05 bits per heavy atom. The van der Waals surface area contributed by atoms with Crippen molar-refractivity contribution in [1.82, 2.24) is 14.5 Å². The Morgan fingerprint density at radius 2 is 1.34 bits per heavy atom. The molecule has 7 heteroatoms. The van der Waals surface area contributed by atoms with Gasteiger partial charge in [-0.2, -0.15) is 11.3 Å². The monoisotopic (exact) mass is 1060 g/mol. The van der Waals surface area contributed by atoms with E-state index in [1.807, 2.05) is 95.7 Å². The molecular formula is C58H44FIrN3SSi-2. The van der Waals surface area contributed by atoms with Crippen molar-refractivity contribution >= 4 is 55.8 Å². The minimum Gasteiger partial charge on any atom is -0.330 e. The van der Waals surface area contributed by atoms with E-state index >= 15 is 4.39 Å². The number of benzene rings is 8. The second-order valence-electron chi connectivity index (χ2n) is 16.8. The van der Waals surface area contributed by atoms with Gasteiger partial charge >= 0.3 is 0 Å². The molecule has 0 aliphatic carbocycles. The van der Waals surface area contributed by atoms with Gasteiger partial charge in [0.25, 0.3) is 0 Å². The van der Waals surface area contributed by atoms with Gasteiger partial charge in [-0.05, 0) is 86.0 Å². The molecule has 0 N–H and O–H groups in total. The van der Waals surface area contributed by atoms with E-state index < -0.39 is 14.9 Å². The minimum atomic E-state index is -2.15. The normalized spacial score (nSPS) is 12.2. The fraction of sp³-hybridized carbons (Fsp3) is 0.0690. The maximum Gasteiger partial charge on any atom is 0.148 e. The zero-order chi connectivity index (χ0) is 46.3. The van der Waals surface area contributed by atoms with Gasteiger partial charge in [0.15, 0.2) is 0 Å². The topological polar surface area (TPSA) is 30.7 Å². The summed E-state index contributed by atoms with van der Waals surface area (Å²) in [5, 5.41) is 3.52. The van der Waals surface area contributed by atoms with Crippen LogP contribution < -0.4 is 5.19 Å². The Bertz CT molecular complexity index is 3540. The molecule has 319 valence electrons. The third kappa shape index (κ3) is 8.81. The summed E-state index contributed by atoms with van der Waals surface area (Å²) in [6.07, 6.45) is 2.02. The molecule has 3 heterocycles. The zero-order valence-electron chi connectivity index (χ0n) is 38.9. The number of nitrogens with zero attached hydrogens (tertiary/aromatic N) is 3. The minimum absolute atomic E-state index is 0. The number of aryl methyl sites for hydroxylation is 1. The predicted molar refractivity (Wildman–Crippen MR) is 271 cm³/mol.